The van der Waals surface area contributed by atoms with Gasteiger partial charge in [0.2, 0.25) is 5.91 Å². The molecule has 0 aliphatic rings. The lowest BCUT2D eigenvalue weighted by Crippen LogP contribution is -2.35. The number of hydrogen-bond donors (Lipinski definition) is 1. The lowest BCUT2D eigenvalue weighted by molar-refractivity contribution is -0.116. The zero-order valence-electron chi connectivity index (χ0n) is 15.9. The van der Waals surface area contributed by atoms with Crippen molar-refractivity contribution in [3.05, 3.63) is 65.7 Å². The molecule has 3 amide bonds. The number of nitrogens with zero attached hydrogens (tertiary/aromatic N) is 2. The molecule has 2 aromatic carbocycles. The zero-order chi connectivity index (χ0) is 19.8. The second-order valence-corrected chi connectivity index (χ2v) is 6.13. The molecule has 0 saturated carbocycles. The zero-order valence-corrected chi connectivity index (χ0v) is 15.9. The van der Waals surface area contributed by atoms with Gasteiger partial charge in [0.25, 0.3) is 11.8 Å². The van der Waals surface area contributed by atoms with Gasteiger partial charge in [0.05, 0.1) is 6.54 Å². The van der Waals surface area contributed by atoms with Crippen LogP contribution in [0.2, 0.25) is 0 Å². The van der Waals surface area contributed by atoms with E-state index in [1.807, 2.05) is 19.9 Å². The molecule has 6 nitrogen and oxygen atoms in total. The number of hydrogen-bond acceptors (Lipinski definition) is 3. The summed E-state index contributed by atoms with van der Waals surface area (Å²) in [5, 5.41) is 2.75. The number of carbonyl (C=O) groups is 3. The van der Waals surface area contributed by atoms with Crippen molar-refractivity contribution < 1.29 is 14.4 Å². The second kappa shape index (κ2) is 9.52. The van der Waals surface area contributed by atoms with Crippen LogP contribution in [0, 0.1) is 0 Å². The molecule has 0 fully saturated rings. The number of carbonyl (C=O) groups excluding carboxylic acids is 3. The van der Waals surface area contributed by atoms with Gasteiger partial charge in [-0.2, -0.15) is 0 Å². The van der Waals surface area contributed by atoms with Crippen LogP contribution in [-0.4, -0.2) is 54.2 Å². The van der Waals surface area contributed by atoms with Crippen LogP contribution in [-0.2, 0) is 4.79 Å². The first kappa shape index (κ1) is 20.2. The minimum Gasteiger partial charge on any atom is -0.339 e. The average Bonchev–Trinajstić information content (AvgIpc) is 2.69. The van der Waals surface area contributed by atoms with Gasteiger partial charge >= 0.3 is 0 Å². The Morgan fingerprint density at radius 3 is 2.11 bits per heavy atom. The van der Waals surface area contributed by atoms with E-state index in [4.69, 9.17) is 0 Å². The topological polar surface area (TPSA) is 69.7 Å². The quantitative estimate of drug-likeness (QED) is 0.818. The number of nitrogens with one attached hydrogen (secondary N) is 1. The highest BCUT2D eigenvalue weighted by molar-refractivity contribution is 6.00. The number of benzene rings is 2. The summed E-state index contributed by atoms with van der Waals surface area (Å²) in [5.41, 5.74) is 1.57. The molecule has 0 bridgehead atoms. The Hall–Kier alpha value is -3.15. The molecule has 0 atom stereocenters. The molecule has 0 unspecified atom stereocenters. The van der Waals surface area contributed by atoms with Crippen molar-refractivity contribution >= 4 is 23.4 Å². The van der Waals surface area contributed by atoms with Crippen LogP contribution < -0.4 is 5.32 Å². The summed E-state index contributed by atoms with van der Waals surface area (Å²) in [6, 6.07) is 15.6. The maximum Gasteiger partial charge on any atom is 0.254 e. The fourth-order valence-corrected chi connectivity index (χ4v) is 2.71. The fraction of sp³-hybridized carbons (Fsp3) is 0.286. The smallest absolute Gasteiger partial charge is 0.254 e. The standard InChI is InChI=1S/C21H25N3O3/c1-4-24(5-2)21(27)17-12-9-13-18(14-17)22-19(25)15-23(3)20(26)16-10-7-6-8-11-16/h6-14H,4-5,15H2,1-3H3,(H,22,25). The average molecular weight is 367 g/mol. The van der Waals surface area contributed by atoms with Crippen LogP contribution in [0.15, 0.2) is 54.6 Å². The second-order valence-electron chi connectivity index (χ2n) is 6.13. The van der Waals surface area contributed by atoms with Crippen molar-refractivity contribution in [3.8, 4) is 0 Å². The fourth-order valence-electron chi connectivity index (χ4n) is 2.71. The van der Waals surface area contributed by atoms with Crippen LogP contribution in [0.5, 0.6) is 0 Å². The van der Waals surface area contributed by atoms with Gasteiger partial charge < -0.3 is 15.1 Å². The van der Waals surface area contributed by atoms with E-state index in [0.29, 0.717) is 29.9 Å². The summed E-state index contributed by atoms with van der Waals surface area (Å²) < 4.78 is 0. The van der Waals surface area contributed by atoms with Gasteiger partial charge in [0.15, 0.2) is 0 Å². The van der Waals surface area contributed by atoms with E-state index in [9.17, 15) is 14.4 Å². The number of amides is 3. The predicted molar refractivity (Wildman–Crippen MR) is 106 cm³/mol. The number of likely N-dealkylation sites (N-methyl/N-ethyl adjacent to an activating group) is 1. The largest absolute Gasteiger partial charge is 0.339 e. The van der Waals surface area contributed by atoms with Crippen molar-refractivity contribution in [2.45, 2.75) is 13.8 Å². The highest BCUT2D eigenvalue weighted by Crippen LogP contribution is 2.13. The van der Waals surface area contributed by atoms with Crippen molar-refractivity contribution in [1.82, 2.24) is 9.80 Å². The van der Waals surface area contributed by atoms with Crippen molar-refractivity contribution in [3.63, 3.8) is 0 Å². The molecule has 0 aliphatic carbocycles. The molecular formula is C21H25N3O3. The molecule has 2 rings (SSSR count). The third-order valence-electron chi connectivity index (χ3n) is 4.19. The SMILES string of the molecule is CCN(CC)C(=O)c1cccc(NC(=O)CN(C)C(=O)c2ccccc2)c1. The van der Waals surface area contributed by atoms with Crippen LogP contribution in [0.3, 0.4) is 0 Å². The summed E-state index contributed by atoms with van der Waals surface area (Å²) in [5.74, 6) is -0.627. The van der Waals surface area contributed by atoms with Gasteiger partial charge in [-0.15, -0.1) is 0 Å². The Balaban J connectivity index is 2.00. The normalized spacial score (nSPS) is 10.2. The molecule has 27 heavy (non-hydrogen) atoms. The maximum absolute atomic E-state index is 12.4. The molecular weight excluding hydrogens is 342 g/mol. The number of anilines is 1. The third-order valence-corrected chi connectivity index (χ3v) is 4.19. The van der Waals surface area contributed by atoms with Crippen LogP contribution in [0.1, 0.15) is 34.6 Å². The molecule has 6 heteroatoms. The van der Waals surface area contributed by atoms with E-state index in [1.54, 1.807) is 60.5 Å². The Kier molecular flexibility index (Phi) is 7.11. The molecule has 0 aromatic heterocycles. The Labute approximate surface area is 159 Å². The Bertz CT molecular complexity index is 801. The van der Waals surface area contributed by atoms with Crippen molar-refractivity contribution in [1.29, 1.82) is 0 Å². The van der Waals surface area contributed by atoms with Crippen LogP contribution in [0.4, 0.5) is 5.69 Å². The molecule has 142 valence electrons. The molecule has 2 aromatic rings. The first-order valence-electron chi connectivity index (χ1n) is 8.96. The lowest BCUT2D eigenvalue weighted by Gasteiger charge is -2.19. The Morgan fingerprint density at radius 1 is 0.852 bits per heavy atom. The van der Waals surface area contributed by atoms with Gasteiger partial charge in [-0.3, -0.25) is 14.4 Å². The molecule has 0 spiro atoms. The predicted octanol–water partition coefficient (Wildman–Crippen LogP) is 2.88. The van der Waals surface area contributed by atoms with Crippen LogP contribution in [0.25, 0.3) is 0 Å². The highest BCUT2D eigenvalue weighted by atomic mass is 16.2. The van der Waals surface area contributed by atoms with E-state index in [-0.39, 0.29) is 24.3 Å². The minimum absolute atomic E-state index is 0.0764. The van der Waals surface area contributed by atoms with Gasteiger partial charge in [0.1, 0.15) is 0 Å². The lowest BCUT2D eigenvalue weighted by atomic mass is 10.1. The maximum atomic E-state index is 12.4. The summed E-state index contributed by atoms with van der Waals surface area (Å²) >= 11 is 0. The monoisotopic (exact) mass is 367 g/mol. The van der Waals surface area contributed by atoms with E-state index >= 15 is 0 Å². The van der Waals surface area contributed by atoms with Gasteiger partial charge in [0, 0.05) is 37.0 Å². The van der Waals surface area contributed by atoms with E-state index < -0.39 is 0 Å². The minimum atomic E-state index is -0.325. The Morgan fingerprint density at radius 2 is 1.48 bits per heavy atom. The first-order chi connectivity index (χ1) is 13.0. The van der Waals surface area contributed by atoms with Crippen LogP contribution >= 0.6 is 0 Å². The molecule has 0 saturated heterocycles. The summed E-state index contributed by atoms with van der Waals surface area (Å²) in [7, 11) is 1.58. The molecule has 1 N–H and O–H groups in total. The summed E-state index contributed by atoms with van der Waals surface area (Å²) in [4.78, 5) is 40.1. The molecule has 0 heterocycles. The third kappa shape index (κ3) is 5.41. The van der Waals surface area contributed by atoms with Gasteiger partial charge in [-0.1, -0.05) is 24.3 Å². The van der Waals surface area contributed by atoms with E-state index in [0.717, 1.165) is 0 Å². The molecule has 0 radical (unpaired) electrons. The van der Waals surface area contributed by atoms with E-state index in [2.05, 4.69) is 5.32 Å². The van der Waals surface area contributed by atoms with E-state index in [1.165, 1.54) is 4.90 Å². The first-order valence-corrected chi connectivity index (χ1v) is 8.96. The van der Waals surface area contributed by atoms with Crippen molar-refractivity contribution in [2.24, 2.45) is 0 Å². The number of rotatable bonds is 7. The van der Waals surface area contributed by atoms with Crippen molar-refractivity contribution in [2.75, 3.05) is 32.0 Å². The summed E-state index contributed by atoms with van der Waals surface area (Å²) in [6.45, 7) is 5.01. The highest BCUT2D eigenvalue weighted by Gasteiger charge is 2.16. The van der Waals surface area contributed by atoms with Gasteiger partial charge in [-0.05, 0) is 44.2 Å². The molecule has 0 aliphatic heterocycles. The summed E-state index contributed by atoms with van der Waals surface area (Å²) in [6.07, 6.45) is 0. The van der Waals surface area contributed by atoms with Gasteiger partial charge in [-0.25, -0.2) is 0 Å².